The molecule has 3 N–H and O–H groups in total. The average molecular weight is 339 g/mol. The second-order valence-corrected chi connectivity index (χ2v) is 5.26. The summed E-state index contributed by atoms with van der Waals surface area (Å²) in [6.45, 7) is 0. The standard InChI is InChI=1S/C13H11ClN4O5/c1-22-7-3-2-5(14)4-6(7)8-9-10(19)16-13(15)17-11(9)23-12(8)18(20)21/h2-4,8,12H,1H3,(H3,15,16,17,19). The van der Waals surface area contributed by atoms with Gasteiger partial charge in [-0.3, -0.25) is 19.9 Å². The summed E-state index contributed by atoms with van der Waals surface area (Å²) < 4.78 is 10.5. The van der Waals surface area contributed by atoms with Crippen LogP contribution in [0, 0.1) is 10.1 Å². The van der Waals surface area contributed by atoms with E-state index in [1.807, 2.05) is 0 Å². The van der Waals surface area contributed by atoms with E-state index in [2.05, 4.69) is 9.97 Å². The van der Waals surface area contributed by atoms with E-state index in [1.165, 1.54) is 13.2 Å². The first-order chi connectivity index (χ1) is 10.9. The molecule has 2 unspecified atom stereocenters. The number of anilines is 1. The summed E-state index contributed by atoms with van der Waals surface area (Å²) in [5.74, 6) is -1.03. The Hall–Kier alpha value is -2.81. The van der Waals surface area contributed by atoms with Crippen molar-refractivity contribution in [3.8, 4) is 11.6 Å². The van der Waals surface area contributed by atoms with Crippen molar-refractivity contribution in [2.24, 2.45) is 0 Å². The summed E-state index contributed by atoms with van der Waals surface area (Å²) in [7, 11) is 1.41. The van der Waals surface area contributed by atoms with Gasteiger partial charge in [-0.2, -0.15) is 4.98 Å². The molecule has 0 bridgehead atoms. The molecular weight excluding hydrogens is 328 g/mol. The van der Waals surface area contributed by atoms with Crippen LogP contribution in [-0.4, -0.2) is 28.2 Å². The number of H-pyrrole nitrogens is 1. The van der Waals surface area contributed by atoms with Gasteiger partial charge in [0.25, 0.3) is 5.56 Å². The number of hydrogen-bond acceptors (Lipinski definition) is 7. The number of rotatable bonds is 3. The highest BCUT2D eigenvalue weighted by molar-refractivity contribution is 6.30. The number of nitrogens with one attached hydrogen (secondary N) is 1. The molecule has 0 radical (unpaired) electrons. The number of methoxy groups -OCH3 is 1. The topological polar surface area (TPSA) is 133 Å². The molecular formula is C13H11ClN4O5. The number of nitrogens with zero attached hydrogens (tertiary/aromatic N) is 2. The quantitative estimate of drug-likeness (QED) is 0.633. The van der Waals surface area contributed by atoms with Crippen LogP contribution < -0.4 is 20.8 Å². The van der Waals surface area contributed by atoms with Crippen LogP contribution in [0.4, 0.5) is 5.95 Å². The second-order valence-electron chi connectivity index (χ2n) is 4.83. The molecule has 0 aliphatic carbocycles. The number of nitro groups is 1. The van der Waals surface area contributed by atoms with E-state index in [4.69, 9.17) is 26.8 Å². The van der Waals surface area contributed by atoms with Crippen molar-refractivity contribution >= 4 is 17.5 Å². The Kier molecular flexibility index (Phi) is 3.57. The molecule has 0 spiro atoms. The number of fused-ring (bicyclic) bond motifs is 1. The van der Waals surface area contributed by atoms with E-state index in [0.29, 0.717) is 16.3 Å². The monoisotopic (exact) mass is 338 g/mol. The van der Waals surface area contributed by atoms with Gasteiger partial charge in [-0.25, -0.2) is 0 Å². The number of ether oxygens (including phenoxy) is 2. The summed E-state index contributed by atoms with van der Waals surface area (Å²) in [6.07, 6.45) is -1.53. The van der Waals surface area contributed by atoms with E-state index in [-0.39, 0.29) is 17.4 Å². The molecule has 3 rings (SSSR count). The summed E-state index contributed by atoms with van der Waals surface area (Å²) in [6, 6.07) is 4.63. The first kappa shape index (κ1) is 15.1. The number of benzene rings is 1. The summed E-state index contributed by atoms with van der Waals surface area (Å²) in [5, 5.41) is 11.7. The molecule has 2 aromatic rings. The van der Waals surface area contributed by atoms with E-state index in [0.717, 1.165) is 0 Å². The van der Waals surface area contributed by atoms with Crippen LogP contribution in [0.1, 0.15) is 17.0 Å². The lowest BCUT2D eigenvalue weighted by Crippen LogP contribution is -2.30. The van der Waals surface area contributed by atoms with Gasteiger partial charge >= 0.3 is 6.23 Å². The lowest BCUT2D eigenvalue weighted by atomic mass is 9.92. The second kappa shape index (κ2) is 5.43. The van der Waals surface area contributed by atoms with Gasteiger partial charge in [0.15, 0.2) is 0 Å². The lowest BCUT2D eigenvalue weighted by molar-refractivity contribution is -0.562. The molecule has 0 amide bonds. The largest absolute Gasteiger partial charge is 0.496 e. The molecule has 0 fully saturated rings. The predicted molar refractivity (Wildman–Crippen MR) is 80.5 cm³/mol. The molecule has 1 aromatic carbocycles. The summed E-state index contributed by atoms with van der Waals surface area (Å²) in [5.41, 5.74) is 5.22. The van der Waals surface area contributed by atoms with Crippen LogP contribution in [-0.2, 0) is 0 Å². The van der Waals surface area contributed by atoms with Crippen molar-refractivity contribution in [1.82, 2.24) is 9.97 Å². The van der Waals surface area contributed by atoms with Crippen LogP contribution in [0.3, 0.4) is 0 Å². The lowest BCUT2D eigenvalue weighted by Gasteiger charge is -2.15. The van der Waals surface area contributed by atoms with Crippen molar-refractivity contribution in [1.29, 1.82) is 0 Å². The smallest absolute Gasteiger partial charge is 0.366 e. The van der Waals surface area contributed by atoms with E-state index >= 15 is 0 Å². The summed E-state index contributed by atoms with van der Waals surface area (Å²) in [4.78, 5) is 29.1. The Balaban J connectivity index is 2.27. The van der Waals surface area contributed by atoms with Gasteiger partial charge in [0.1, 0.15) is 11.7 Å². The highest BCUT2D eigenvalue weighted by atomic mass is 35.5. The zero-order valence-corrected chi connectivity index (χ0v) is 12.5. The minimum atomic E-state index is -1.53. The zero-order chi connectivity index (χ0) is 16.7. The maximum Gasteiger partial charge on any atom is 0.366 e. The first-order valence-corrected chi connectivity index (χ1v) is 6.83. The van der Waals surface area contributed by atoms with Crippen LogP contribution >= 0.6 is 11.6 Å². The van der Waals surface area contributed by atoms with Gasteiger partial charge in [-0.1, -0.05) is 11.6 Å². The molecule has 2 atom stereocenters. The maximum atomic E-state index is 12.2. The molecule has 1 aromatic heterocycles. The fraction of sp³-hybridized carbons (Fsp3) is 0.231. The van der Waals surface area contributed by atoms with E-state index < -0.39 is 22.6 Å². The molecule has 0 saturated carbocycles. The molecule has 23 heavy (non-hydrogen) atoms. The Morgan fingerprint density at radius 3 is 2.91 bits per heavy atom. The Labute approximate surface area is 134 Å². The molecule has 1 aliphatic rings. The first-order valence-electron chi connectivity index (χ1n) is 6.45. The zero-order valence-electron chi connectivity index (χ0n) is 11.8. The number of hydrogen-bond donors (Lipinski definition) is 2. The van der Waals surface area contributed by atoms with Crippen molar-refractivity contribution in [2.75, 3.05) is 12.8 Å². The molecule has 1 aliphatic heterocycles. The molecule has 120 valence electrons. The van der Waals surface area contributed by atoms with Gasteiger partial charge in [-0.15, -0.1) is 0 Å². The van der Waals surface area contributed by atoms with Crippen LogP contribution in [0.5, 0.6) is 11.6 Å². The number of aromatic amines is 1. The maximum absolute atomic E-state index is 12.2. The summed E-state index contributed by atoms with van der Waals surface area (Å²) >= 11 is 5.98. The van der Waals surface area contributed by atoms with Gasteiger partial charge < -0.3 is 15.2 Å². The van der Waals surface area contributed by atoms with Crippen molar-refractivity contribution in [3.63, 3.8) is 0 Å². The van der Waals surface area contributed by atoms with Crippen LogP contribution in [0.15, 0.2) is 23.0 Å². The van der Waals surface area contributed by atoms with Gasteiger partial charge in [0, 0.05) is 10.6 Å². The Morgan fingerprint density at radius 2 is 2.26 bits per heavy atom. The van der Waals surface area contributed by atoms with Crippen molar-refractivity contribution in [2.45, 2.75) is 12.1 Å². The Morgan fingerprint density at radius 1 is 1.52 bits per heavy atom. The highest BCUT2D eigenvalue weighted by Crippen LogP contribution is 2.43. The Bertz CT molecular complexity index is 853. The third-order valence-electron chi connectivity index (χ3n) is 3.50. The van der Waals surface area contributed by atoms with Gasteiger partial charge in [0.2, 0.25) is 11.8 Å². The number of nitrogen functional groups attached to an aromatic ring is 1. The fourth-order valence-electron chi connectivity index (χ4n) is 2.59. The molecule has 2 heterocycles. The predicted octanol–water partition coefficient (Wildman–Crippen LogP) is 1.14. The van der Waals surface area contributed by atoms with E-state index in [9.17, 15) is 14.9 Å². The van der Waals surface area contributed by atoms with Gasteiger partial charge in [-0.05, 0) is 18.2 Å². The normalized spacial score (nSPS) is 19.0. The average Bonchev–Trinajstić information content (AvgIpc) is 2.86. The minimum absolute atomic E-state index is 0.0152. The third kappa shape index (κ3) is 2.44. The SMILES string of the molecule is COc1ccc(Cl)cc1C1c2c(nc(N)[nH]c2=O)OC1[N+](=O)[O-]. The molecule has 0 saturated heterocycles. The fourth-order valence-corrected chi connectivity index (χ4v) is 2.77. The van der Waals surface area contributed by atoms with Crippen molar-refractivity contribution in [3.05, 3.63) is 54.8 Å². The molecule has 10 heteroatoms. The van der Waals surface area contributed by atoms with Crippen LogP contribution in [0.25, 0.3) is 0 Å². The third-order valence-corrected chi connectivity index (χ3v) is 3.74. The molecule has 9 nitrogen and oxygen atoms in total. The van der Waals surface area contributed by atoms with Gasteiger partial charge in [0.05, 0.1) is 17.6 Å². The highest BCUT2D eigenvalue weighted by Gasteiger charge is 2.48. The number of nitrogens with two attached hydrogens (primary N) is 1. The minimum Gasteiger partial charge on any atom is -0.496 e. The van der Waals surface area contributed by atoms with Crippen molar-refractivity contribution < 1.29 is 14.4 Å². The van der Waals surface area contributed by atoms with E-state index in [1.54, 1.807) is 12.1 Å². The number of aromatic nitrogens is 2. The van der Waals surface area contributed by atoms with Crippen LogP contribution in [0.2, 0.25) is 5.02 Å². The number of halogens is 1.